The minimum atomic E-state index is -3.23. The van der Waals surface area contributed by atoms with Crippen LogP contribution in [0.2, 0.25) is 0 Å². The molecular formula is C9H13FN4O3S. The van der Waals surface area contributed by atoms with Crippen molar-refractivity contribution in [2.24, 2.45) is 0 Å². The van der Waals surface area contributed by atoms with E-state index in [0.717, 1.165) is 11.7 Å². The Morgan fingerprint density at radius 2 is 2.22 bits per heavy atom. The molecule has 1 rings (SSSR count). The Labute approximate surface area is 104 Å². The van der Waals surface area contributed by atoms with Crippen molar-refractivity contribution in [2.75, 3.05) is 30.8 Å². The fraction of sp³-hybridized carbons (Fsp3) is 0.444. The first-order valence-corrected chi connectivity index (χ1v) is 6.76. The fourth-order valence-corrected chi connectivity index (χ4v) is 1.47. The lowest BCUT2D eigenvalue weighted by Gasteiger charge is -2.05. The maximum Gasteiger partial charge on any atom is 0.313 e. The standard InChI is InChI=1S/C9H13FN4O3S/c1-2-18(15,16)6-5-17-4-3-11-9-13-7-12-8(10)14-9/h2,7H,1,3-6H2,(H,11,12,13,14). The number of hydrogen-bond acceptors (Lipinski definition) is 7. The summed E-state index contributed by atoms with van der Waals surface area (Å²) in [5, 5.41) is 3.59. The van der Waals surface area contributed by atoms with Crippen LogP contribution in [0.1, 0.15) is 0 Å². The summed E-state index contributed by atoms with van der Waals surface area (Å²) in [6, 6.07) is 0. The number of anilines is 1. The van der Waals surface area contributed by atoms with Gasteiger partial charge in [0.1, 0.15) is 6.33 Å². The minimum absolute atomic E-state index is 0.0710. The molecule has 0 aliphatic rings. The zero-order valence-corrected chi connectivity index (χ0v) is 10.4. The van der Waals surface area contributed by atoms with Crippen molar-refractivity contribution >= 4 is 15.8 Å². The second-order valence-electron chi connectivity index (χ2n) is 3.15. The first-order valence-electron chi connectivity index (χ1n) is 5.05. The van der Waals surface area contributed by atoms with Gasteiger partial charge < -0.3 is 10.1 Å². The molecule has 0 aliphatic heterocycles. The molecular weight excluding hydrogens is 263 g/mol. The lowest BCUT2D eigenvalue weighted by Crippen LogP contribution is -2.15. The number of sulfone groups is 1. The minimum Gasteiger partial charge on any atom is -0.379 e. The van der Waals surface area contributed by atoms with Crippen LogP contribution >= 0.6 is 0 Å². The van der Waals surface area contributed by atoms with E-state index in [1.807, 2.05) is 0 Å². The van der Waals surface area contributed by atoms with Crippen LogP contribution < -0.4 is 5.32 Å². The van der Waals surface area contributed by atoms with Gasteiger partial charge in [0.15, 0.2) is 9.84 Å². The van der Waals surface area contributed by atoms with Gasteiger partial charge in [-0.05, 0) is 0 Å². The molecule has 0 bridgehead atoms. The van der Waals surface area contributed by atoms with E-state index in [2.05, 4.69) is 26.8 Å². The predicted octanol–water partition coefficient (Wildman–Crippen LogP) is -0.00250. The molecule has 0 fully saturated rings. The highest BCUT2D eigenvalue weighted by molar-refractivity contribution is 7.94. The molecule has 0 atom stereocenters. The quantitative estimate of drug-likeness (QED) is 0.668. The first-order chi connectivity index (χ1) is 8.53. The number of halogens is 1. The Morgan fingerprint density at radius 1 is 1.44 bits per heavy atom. The van der Waals surface area contributed by atoms with Crippen LogP contribution in [0.15, 0.2) is 18.3 Å². The first kappa shape index (κ1) is 14.5. The highest BCUT2D eigenvalue weighted by Gasteiger charge is 2.04. The monoisotopic (exact) mass is 276 g/mol. The van der Waals surface area contributed by atoms with Crippen LogP contribution in [0.25, 0.3) is 0 Å². The molecule has 1 aromatic rings. The van der Waals surface area contributed by atoms with Crippen LogP contribution in [0, 0.1) is 6.08 Å². The molecule has 100 valence electrons. The van der Waals surface area contributed by atoms with E-state index in [9.17, 15) is 12.8 Å². The molecule has 0 aromatic carbocycles. The van der Waals surface area contributed by atoms with E-state index in [0.29, 0.717) is 6.54 Å². The van der Waals surface area contributed by atoms with Gasteiger partial charge in [-0.2, -0.15) is 14.4 Å². The van der Waals surface area contributed by atoms with E-state index in [4.69, 9.17) is 4.74 Å². The number of ether oxygens (including phenoxy) is 1. The Morgan fingerprint density at radius 3 is 2.89 bits per heavy atom. The molecule has 0 spiro atoms. The van der Waals surface area contributed by atoms with Crippen LogP contribution in [0.4, 0.5) is 10.3 Å². The van der Waals surface area contributed by atoms with Gasteiger partial charge in [-0.3, -0.25) is 0 Å². The number of aromatic nitrogens is 3. The highest BCUT2D eigenvalue weighted by atomic mass is 32.2. The molecule has 1 heterocycles. The van der Waals surface area contributed by atoms with Crippen molar-refractivity contribution in [1.82, 2.24) is 15.0 Å². The molecule has 0 saturated carbocycles. The van der Waals surface area contributed by atoms with Crippen LogP contribution in [0.5, 0.6) is 0 Å². The third-order valence-electron chi connectivity index (χ3n) is 1.84. The van der Waals surface area contributed by atoms with Gasteiger partial charge in [0.2, 0.25) is 5.95 Å². The lowest BCUT2D eigenvalue weighted by molar-refractivity contribution is 0.159. The largest absolute Gasteiger partial charge is 0.379 e. The summed E-state index contributed by atoms with van der Waals surface area (Å²) < 4.78 is 39.6. The molecule has 0 unspecified atom stereocenters. The van der Waals surface area contributed by atoms with Gasteiger partial charge in [0, 0.05) is 12.0 Å². The molecule has 9 heteroatoms. The maximum absolute atomic E-state index is 12.6. The zero-order chi connectivity index (χ0) is 13.4. The summed E-state index contributed by atoms with van der Waals surface area (Å²) in [6.07, 6.45) is 0.174. The molecule has 1 aromatic heterocycles. The van der Waals surface area contributed by atoms with Gasteiger partial charge in [-0.1, -0.05) is 6.58 Å². The van der Waals surface area contributed by atoms with Gasteiger partial charge in [0.05, 0.1) is 19.0 Å². The smallest absolute Gasteiger partial charge is 0.313 e. The van der Waals surface area contributed by atoms with Crippen molar-refractivity contribution in [2.45, 2.75) is 0 Å². The highest BCUT2D eigenvalue weighted by Crippen LogP contribution is 1.95. The molecule has 0 amide bonds. The second-order valence-corrected chi connectivity index (χ2v) is 5.22. The average Bonchev–Trinajstić information content (AvgIpc) is 2.34. The van der Waals surface area contributed by atoms with Gasteiger partial charge in [-0.15, -0.1) is 0 Å². The van der Waals surface area contributed by atoms with Crippen molar-refractivity contribution in [1.29, 1.82) is 0 Å². The molecule has 0 radical (unpaired) electrons. The van der Waals surface area contributed by atoms with E-state index in [1.165, 1.54) is 0 Å². The molecule has 18 heavy (non-hydrogen) atoms. The Hall–Kier alpha value is -1.61. The van der Waals surface area contributed by atoms with Crippen LogP contribution in [-0.4, -0.2) is 48.9 Å². The average molecular weight is 276 g/mol. The van der Waals surface area contributed by atoms with Crippen molar-refractivity contribution in [3.05, 3.63) is 24.4 Å². The van der Waals surface area contributed by atoms with Crippen molar-refractivity contribution in [3.63, 3.8) is 0 Å². The van der Waals surface area contributed by atoms with E-state index < -0.39 is 15.9 Å². The second kappa shape index (κ2) is 6.97. The fourth-order valence-electron chi connectivity index (χ4n) is 0.957. The summed E-state index contributed by atoms with van der Waals surface area (Å²) in [6.45, 7) is 3.83. The molecule has 7 nitrogen and oxygen atoms in total. The third kappa shape index (κ3) is 5.64. The number of nitrogens with one attached hydrogen (secondary N) is 1. The molecule has 1 N–H and O–H groups in total. The normalized spacial score (nSPS) is 11.2. The third-order valence-corrected chi connectivity index (χ3v) is 3.08. The van der Waals surface area contributed by atoms with Crippen LogP contribution in [0.3, 0.4) is 0 Å². The summed E-state index contributed by atoms with van der Waals surface area (Å²) in [7, 11) is -3.23. The SMILES string of the molecule is C=CS(=O)(=O)CCOCCNc1ncnc(F)n1. The summed E-state index contributed by atoms with van der Waals surface area (Å²) >= 11 is 0. The number of nitrogens with zero attached hydrogens (tertiary/aromatic N) is 3. The van der Waals surface area contributed by atoms with Gasteiger partial charge in [0.25, 0.3) is 0 Å². The topological polar surface area (TPSA) is 94.1 Å². The Bertz CT molecular complexity index is 494. The predicted molar refractivity (Wildman–Crippen MR) is 63.1 cm³/mol. The van der Waals surface area contributed by atoms with Crippen LogP contribution in [-0.2, 0) is 14.6 Å². The van der Waals surface area contributed by atoms with Gasteiger partial charge >= 0.3 is 6.08 Å². The van der Waals surface area contributed by atoms with Gasteiger partial charge in [-0.25, -0.2) is 13.4 Å². The van der Waals surface area contributed by atoms with Crippen molar-refractivity contribution < 1.29 is 17.5 Å². The lowest BCUT2D eigenvalue weighted by atomic mass is 10.6. The summed E-state index contributed by atoms with van der Waals surface area (Å²) in [4.78, 5) is 10.2. The number of rotatable bonds is 8. The molecule has 0 aliphatic carbocycles. The summed E-state index contributed by atoms with van der Waals surface area (Å²) in [5.41, 5.74) is 0. The zero-order valence-electron chi connectivity index (χ0n) is 9.54. The maximum atomic E-state index is 12.6. The van der Waals surface area contributed by atoms with E-state index >= 15 is 0 Å². The Kier molecular flexibility index (Phi) is 5.59. The molecule has 0 saturated heterocycles. The Balaban J connectivity index is 2.14. The number of hydrogen-bond donors (Lipinski definition) is 1. The van der Waals surface area contributed by atoms with Crippen molar-refractivity contribution in [3.8, 4) is 0 Å². The van der Waals surface area contributed by atoms with E-state index in [1.54, 1.807) is 0 Å². The van der Waals surface area contributed by atoms with E-state index in [-0.39, 0.29) is 24.9 Å². The summed E-state index contributed by atoms with van der Waals surface area (Å²) in [5.74, 6) is -0.0125.